The number of benzene rings is 1. The topological polar surface area (TPSA) is 184 Å². The second-order valence-electron chi connectivity index (χ2n) is 13.4. The number of aliphatic hydroxyl groups excluding tert-OH is 1. The lowest BCUT2D eigenvalue weighted by Gasteiger charge is -2.36. The van der Waals surface area contributed by atoms with Gasteiger partial charge in [-0.25, -0.2) is 19.4 Å². The molecule has 3 rings (SSSR count). The molecular weight excluding hydrogens is 618 g/mol. The van der Waals surface area contributed by atoms with Crippen LogP contribution in [-0.4, -0.2) is 86.9 Å². The summed E-state index contributed by atoms with van der Waals surface area (Å²) in [6.07, 6.45) is 6.93. The molecule has 2 amide bonds. The molecular formula is C32H55N9O5Si. The average Bonchev–Trinajstić information content (AvgIpc) is 3.69. The Morgan fingerprint density at radius 1 is 1.02 bits per heavy atom. The van der Waals surface area contributed by atoms with E-state index in [4.69, 9.17) is 20.0 Å². The summed E-state index contributed by atoms with van der Waals surface area (Å²) in [6, 6.07) is 9.75. The third-order valence-corrected chi connectivity index (χ3v) is 12.4. The summed E-state index contributed by atoms with van der Waals surface area (Å²) in [7, 11) is -1.60. The Bertz CT molecular complexity index is 1310. The second-order valence-corrected chi connectivity index (χ2v) is 18.2. The largest absolute Gasteiger partial charge is 0.448 e. The molecule has 0 saturated heterocycles. The zero-order valence-electron chi connectivity index (χ0n) is 29.1. The maximum Gasteiger partial charge on any atom is 0.407 e. The first-order valence-electron chi connectivity index (χ1n) is 16.1. The lowest BCUT2D eigenvalue weighted by atomic mass is 10.0. The van der Waals surface area contributed by atoms with E-state index < -0.39 is 19.9 Å². The van der Waals surface area contributed by atoms with E-state index in [0.29, 0.717) is 31.8 Å². The quantitative estimate of drug-likeness (QED) is 0.122. The van der Waals surface area contributed by atoms with Gasteiger partial charge in [0, 0.05) is 13.2 Å². The molecule has 0 aliphatic rings. The smallest absolute Gasteiger partial charge is 0.407 e. The second kappa shape index (κ2) is 19.2. The number of nitrogens with two attached hydrogens (primary N) is 1. The minimum atomic E-state index is -1.60. The Morgan fingerprint density at radius 3 is 2.36 bits per heavy atom. The third kappa shape index (κ3) is 14.8. The number of nitrogens with zero attached hydrogens (tertiary/aromatic N) is 6. The monoisotopic (exact) mass is 673 g/mol. The first-order chi connectivity index (χ1) is 22.1. The van der Waals surface area contributed by atoms with Gasteiger partial charge in [0.1, 0.15) is 31.4 Å². The van der Waals surface area contributed by atoms with Crippen LogP contribution in [0.15, 0.2) is 49.3 Å². The number of carbonyl (C=O) groups excluding carboxylic acids is 2. The number of hydrogen-bond acceptors (Lipinski definition) is 10. The predicted molar refractivity (Wildman–Crippen MR) is 183 cm³/mol. The van der Waals surface area contributed by atoms with Crippen LogP contribution >= 0.6 is 0 Å². The molecule has 5 N–H and O–H groups in total. The Hall–Kier alpha value is -3.66. The number of carbonyl (C=O) groups is 2. The number of hydrogen-bond donors (Lipinski definition) is 4. The summed E-state index contributed by atoms with van der Waals surface area (Å²) in [5, 5.41) is 22.8. The van der Waals surface area contributed by atoms with Crippen molar-refractivity contribution in [2.75, 3.05) is 26.4 Å². The molecule has 15 heteroatoms. The molecule has 0 fully saturated rings. The zero-order valence-corrected chi connectivity index (χ0v) is 30.1. The molecule has 0 bridgehead atoms. The van der Waals surface area contributed by atoms with Crippen molar-refractivity contribution in [2.24, 2.45) is 5.73 Å². The number of aryl methyl sites for hydroxylation is 1. The van der Waals surface area contributed by atoms with Crippen molar-refractivity contribution in [1.82, 2.24) is 40.2 Å². The summed E-state index contributed by atoms with van der Waals surface area (Å²) in [5.74, 6) is 0.302. The SMILES string of the molecule is CC(C)(C)[Si](C)(C)OCCn1cncn1.CC(C)(N)C(=O)NC(CCCc1ccccc1)c1ncnn1CCOC(=O)NCCCO. The van der Waals surface area contributed by atoms with E-state index in [0.717, 1.165) is 26.0 Å². The van der Waals surface area contributed by atoms with Crippen LogP contribution in [0.25, 0.3) is 0 Å². The molecule has 0 radical (unpaired) electrons. The molecule has 2 aromatic heterocycles. The minimum absolute atomic E-state index is 0.000413. The van der Waals surface area contributed by atoms with Gasteiger partial charge in [-0.3, -0.25) is 9.48 Å². The van der Waals surface area contributed by atoms with E-state index in [1.807, 2.05) is 18.2 Å². The van der Waals surface area contributed by atoms with E-state index in [9.17, 15) is 9.59 Å². The maximum absolute atomic E-state index is 12.6. The number of amides is 2. The van der Waals surface area contributed by atoms with Crippen LogP contribution in [-0.2, 0) is 33.5 Å². The molecule has 0 saturated carbocycles. The van der Waals surface area contributed by atoms with Crippen molar-refractivity contribution < 1.29 is 23.9 Å². The molecule has 1 aromatic carbocycles. The molecule has 47 heavy (non-hydrogen) atoms. The van der Waals surface area contributed by atoms with Gasteiger partial charge in [-0.2, -0.15) is 10.2 Å². The summed E-state index contributed by atoms with van der Waals surface area (Å²) < 4.78 is 14.6. The minimum Gasteiger partial charge on any atom is -0.448 e. The standard InChI is InChI=1S/C22H34N6O4.C10H21N3OSi/c1-22(2,23)20(30)27-18(11-6-10-17-8-4-3-5-9-17)19-25-16-26-28(19)13-15-32-21(31)24-12-7-14-29;1-10(2,3)15(4,5)14-7-6-13-9-11-8-12-13/h3-5,8-9,16,18,29H,6-7,10-15,23H2,1-2H3,(H,24,31)(H,27,30);8-9H,6-7H2,1-5H3. The Kier molecular flexibility index (Phi) is 16.2. The molecule has 1 atom stereocenters. The van der Waals surface area contributed by atoms with Crippen molar-refractivity contribution in [2.45, 2.75) is 103 Å². The lowest BCUT2D eigenvalue weighted by Crippen LogP contribution is -2.50. The van der Waals surface area contributed by atoms with Crippen LogP contribution in [0.3, 0.4) is 0 Å². The number of ether oxygens (including phenoxy) is 1. The highest BCUT2D eigenvalue weighted by Crippen LogP contribution is 2.36. The molecule has 0 aliphatic carbocycles. The average molecular weight is 674 g/mol. The fraction of sp³-hybridized carbons (Fsp3) is 0.625. The van der Waals surface area contributed by atoms with Gasteiger partial charge in [-0.1, -0.05) is 51.1 Å². The van der Waals surface area contributed by atoms with E-state index in [-0.39, 0.29) is 30.2 Å². The van der Waals surface area contributed by atoms with Crippen molar-refractivity contribution in [3.05, 3.63) is 60.7 Å². The highest BCUT2D eigenvalue weighted by atomic mass is 28.4. The van der Waals surface area contributed by atoms with Crippen LogP contribution in [0.2, 0.25) is 18.1 Å². The highest BCUT2D eigenvalue weighted by molar-refractivity contribution is 6.74. The third-order valence-electron chi connectivity index (χ3n) is 7.85. The molecule has 1 unspecified atom stereocenters. The Morgan fingerprint density at radius 2 is 1.74 bits per heavy atom. The van der Waals surface area contributed by atoms with Crippen molar-refractivity contribution in [1.29, 1.82) is 0 Å². The number of aromatic nitrogens is 6. The Labute approximate surface area is 280 Å². The van der Waals surface area contributed by atoms with Gasteiger partial charge in [0.05, 0.1) is 31.3 Å². The predicted octanol–water partition coefficient (Wildman–Crippen LogP) is 3.60. The van der Waals surface area contributed by atoms with Gasteiger partial charge in [0.25, 0.3) is 0 Å². The number of alkyl carbamates (subject to hydrolysis) is 1. The van der Waals surface area contributed by atoms with Gasteiger partial charge in [0.2, 0.25) is 5.91 Å². The van der Waals surface area contributed by atoms with Crippen molar-refractivity contribution in [3.63, 3.8) is 0 Å². The van der Waals surface area contributed by atoms with Crippen molar-refractivity contribution >= 4 is 20.3 Å². The first-order valence-corrected chi connectivity index (χ1v) is 19.0. The van der Waals surface area contributed by atoms with Crippen LogP contribution in [0.1, 0.15) is 71.3 Å². The van der Waals surface area contributed by atoms with E-state index in [1.54, 1.807) is 35.9 Å². The van der Waals surface area contributed by atoms with Gasteiger partial charge in [0.15, 0.2) is 8.32 Å². The molecule has 0 spiro atoms. The van der Waals surface area contributed by atoms with E-state index in [2.05, 4.69) is 76.8 Å². The maximum atomic E-state index is 12.6. The van der Waals surface area contributed by atoms with Gasteiger partial charge in [-0.15, -0.1) is 0 Å². The van der Waals surface area contributed by atoms with E-state index >= 15 is 0 Å². The summed E-state index contributed by atoms with van der Waals surface area (Å²) >= 11 is 0. The van der Waals surface area contributed by atoms with E-state index in [1.165, 1.54) is 11.9 Å². The molecule has 3 aromatic rings. The molecule has 14 nitrogen and oxygen atoms in total. The molecule has 2 heterocycles. The highest BCUT2D eigenvalue weighted by Gasteiger charge is 2.36. The van der Waals surface area contributed by atoms with Crippen molar-refractivity contribution in [3.8, 4) is 0 Å². The van der Waals surface area contributed by atoms with Gasteiger partial charge >= 0.3 is 6.09 Å². The molecule has 0 aliphatic heterocycles. The zero-order chi connectivity index (χ0) is 34.9. The summed E-state index contributed by atoms with van der Waals surface area (Å²) in [5.41, 5.74) is 6.16. The summed E-state index contributed by atoms with van der Waals surface area (Å²) in [4.78, 5) is 32.5. The van der Waals surface area contributed by atoms with Crippen LogP contribution < -0.4 is 16.4 Å². The van der Waals surface area contributed by atoms with Gasteiger partial charge in [-0.05, 0) is 63.2 Å². The number of rotatable bonds is 17. The van der Waals surface area contributed by atoms with Gasteiger partial charge < -0.3 is 30.6 Å². The first kappa shape index (κ1) is 39.5. The van der Waals surface area contributed by atoms with Crippen LogP contribution in [0, 0.1) is 0 Å². The summed E-state index contributed by atoms with van der Waals surface area (Å²) in [6.45, 7) is 16.8. The number of aliphatic hydroxyl groups is 1. The lowest BCUT2D eigenvalue weighted by molar-refractivity contribution is -0.126. The van der Waals surface area contributed by atoms with Crippen LogP contribution in [0.5, 0.6) is 0 Å². The number of nitrogens with one attached hydrogen (secondary N) is 2. The normalized spacial score (nSPS) is 12.5. The van der Waals surface area contributed by atoms with Crippen LogP contribution in [0.4, 0.5) is 4.79 Å². The fourth-order valence-electron chi connectivity index (χ4n) is 3.98. The Balaban J connectivity index is 0.000000427. The molecule has 262 valence electrons. The fourth-order valence-corrected chi connectivity index (χ4v) is 5.02.